The number of hydrogen-bond acceptors (Lipinski definition) is 6. The highest BCUT2D eigenvalue weighted by molar-refractivity contribution is 5.75. The van der Waals surface area contributed by atoms with Gasteiger partial charge in [-0.1, -0.05) is 39.5 Å². The maximum absolute atomic E-state index is 11.9. The van der Waals surface area contributed by atoms with Gasteiger partial charge in [0, 0.05) is 12.8 Å². The highest BCUT2D eigenvalue weighted by Crippen LogP contribution is 2.08. The van der Waals surface area contributed by atoms with E-state index in [2.05, 4.69) is 13.8 Å². The monoisotopic (exact) mass is 344 g/mol. The lowest BCUT2D eigenvalue weighted by atomic mass is 10.1. The zero-order valence-corrected chi connectivity index (χ0v) is 15.3. The van der Waals surface area contributed by atoms with Gasteiger partial charge in [-0.15, -0.1) is 0 Å². The Morgan fingerprint density at radius 1 is 0.708 bits per heavy atom. The standard InChI is InChI=1S/C18H32O6/c1-4-7-9-11-16(19)23-13-15(18(21)22-6-3)14-24-17(20)12-10-8-5-2/h15H,4-14H2,1-3H3. The molecule has 0 aromatic heterocycles. The maximum atomic E-state index is 11.9. The highest BCUT2D eigenvalue weighted by atomic mass is 16.6. The molecule has 0 aliphatic carbocycles. The van der Waals surface area contributed by atoms with Gasteiger partial charge >= 0.3 is 17.9 Å². The Kier molecular flexibility index (Phi) is 14.0. The van der Waals surface area contributed by atoms with Crippen LogP contribution in [0.5, 0.6) is 0 Å². The summed E-state index contributed by atoms with van der Waals surface area (Å²) in [6.45, 7) is 5.79. The number of unbranched alkanes of at least 4 members (excludes halogenated alkanes) is 4. The minimum Gasteiger partial charge on any atom is -0.466 e. The summed E-state index contributed by atoms with van der Waals surface area (Å²) in [6, 6.07) is 0. The van der Waals surface area contributed by atoms with Gasteiger partial charge in [0.15, 0.2) is 0 Å². The van der Waals surface area contributed by atoms with E-state index < -0.39 is 11.9 Å². The summed E-state index contributed by atoms with van der Waals surface area (Å²) in [4.78, 5) is 35.2. The molecule has 24 heavy (non-hydrogen) atoms. The molecule has 0 bridgehead atoms. The van der Waals surface area contributed by atoms with Crippen LogP contribution in [0.2, 0.25) is 0 Å². The summed E-state index contributed by atoms with van der Waals surface area (Å²) in [5, 5.41) is 0. The molecule has 6 nitrogen and oxygen atoms in total. The average Bonchev–Trinajstić information content (AvgIpc) is 2.55. The van der Waals surface area contributed by atoms with Gasteiger partial charge < -0.3 is 14.2 Å². The average molecular weight is 344 g/mol. The lowest BCUT2D eigenvalue weighted by Crippen LogP contribution is -2.29. The second-order valence-electron chi connectivity index (χ2n) is 5.73. The van der Waals surface area contributed by atoms with E-state index in [0.717, 1.165) is 38.5 Å². The molecule has 140 valence electrons. The molecular formula is C18H32O6. The van der Waals surface area contributed by atoms with E-state index in [4.69, 9.17) is 14.2 Å². The van der Waals surface area contributed by atoms with E-state index in [1.807, 2.05) is 0 Å². The molecule has 0 aromatic carbocycles. The first-order valence-corrected chi connectivity index (χ1v) is 9.02. The Balaban J connectivity index is 4.25. The van der Waals surface area contributed by atoms with Crippen molar-refractivity contribution in [1.29, 1.82) is 0 Å². The van der Waals surface area contributed by atoms with Crippen molar-refractivity contribution in [1.82, 2.24) is 0 Å². The van der Waals surface area contributed by atoms with Crippen LogP contribution in [0, 0.1) is 5.92 Å². The Morgan fingerprint density at radius 3 is 1.54 bits per heavy atom. The van der Waals surface area contributed by atoms with Crippen LogP contribution in [0.3, 0.4) is 0 Å². The Labute approximate surface area is 145 Å². The van der Waals surface area contributed by atoms with Gasteiger partial charge in [-0.2, -0.15) is 0 Å². The lowest BCUT2D eigenvalue weighted by molar-refractivity contribution is -0.160. The Bertz CT molecular complexity index is 341. The van der Waals surface area contributed by atoms with E-state index in [9.17, 15) is 14.4 Å². The first-order chi connectivity index (χ1) is 11.5. The number of hydrogen-bond donors (Lipinski definition) is 0. The molecule has 0 radical (unpaired) electrons. The van der Waals surface area contributed by atoms with Crippen LogP contribution in [-0.2, 0) is 28.6 Å². The molecule has 0 N–H and O–H groups in total. The fourth-order valence-electron chi connectivity index (χ4n) is 2.01. The minimum absolute atomic E-state index is 0.119. The predicted octanol–water partition coefficient (Wildman–Crippen LogP) is 3.41. The first kappa shape index (κ1) is 22.4. The second-order valence-corrected chi connectivity index (χ2v) is 5.73. The summed E-state index contributed by atoms with van der Waals surface area (Å²) < 4.78 is 15.2. The summed E-state index contributed by atoms with van der Waals surface area (Å²) in [7, 11) is 0. The van der Waals surface area contributed by atoms with Gasteiger partial charge in [0.1, 0.15) is 19.1 Å². The van der Waals surface area contributed by atoms with E-state index in [0.29, 0.717) is 12.8 Å². The fraction of sp³-hybridized carbons (Fsp3) is 0.833. The van der Waals surface area contributed by atoms with E-state index in [1.165, 1.54) is 0 Å². The van der Waals surface area contributed by atoms with Crippen LogP contribution < -0.4 is 0 Å². The number of carbonyl (C=O) groups is 3. The molecule has 0 aromatic rings. The normalized spacial score (nSPS) is 10.5. The molecule has 0 aliphatic heterocycles. The molecule has 0 amide bonds. The van der Waals surface area contributed by atoms with Crippen LogP contribution >= 0.6 is 0 Å². The van der Waals surface area contributed by atoms with Crippen LogP contribution in [0.1, 0.15) is 72.1 Å². The molecule has 0 heterocycles. The molecule has 0 atom stereocenters. The SMILES string of the molecule is CCCCCC(=O)OCC(COC(=O)CCCCC)C(=O)OCC. The maximum Gasteiger partial charge on any atom is 0.315 e. The first-order valence-electron chi connectivity index (χ1n) is 9.02. The smallest absolute Gasteiger partial charge is 0.315 e. The summed E-state index contributed by atoms with van der Waals surface area (Å²) >= 11 is 0. The number of ether oxygens (including phenoxy) is 3. The topological polar surface area (TPSA) is 78.9 Å². The van der Waals surface area contributed by atoms with Crippen LogP contribution in [0.4, 0.5) is 0 Å². The van der Waals surface area contributed by atoms with Crippen molar-refractivity contribution >= 4 is 17.9 Å². The van der Waals surface area contributed by atoms with Gasteiger partial charge in [-0.05, 0) is 19.8 Å². The predicted molar refractivity (Wildman–Crippen MR) is 90.3 cm³/mol. The van der Waals surface area contributed by atoms with Crippen LogP contribution in [0.25, 0.3) is 0 Å². The molecule has 0 aliphatic rings. The molecule has 0 rings (SSSR count). The van der Waals surface area contributed by atoms with E-state index >= 15 is 0 Å². The zero-order valence-electron chi connectivity index (χ0n) is 15.3. The molecule has 0 spiro atoms. The van der Waals surface area contributed by atoms with Gasteiger partial charge in [0.2, 0.25) is 0 Å². The fourth-order valence-corrected chi connectivity index (χ4v) is 2.01. The molecular weight excluding hydrogens is 312 g/mol. The number of rotatable bonds is 14. The second kappa shape index (κ2) is 15.0. The van der Waals surface area contributed by atoms with Crippen molar-refractivity contribution in [2.24, 2.45) is 5.92 Å². The summed E-state index contributed by atoms with van der Waals surface area (Å²) in [5.41, 5.74) is 0. The highest BCUT2D eigenvalue weighted by Gasteiger charge is 2.23. The zero-order chi connectivity index (χ0) is 18.2. The van der Waals surface area contributed by atoms with E-state index in [-0.39, 0.29) is 31.8 Å². The third-order valence-corrected chi connectivity index (χ3v) is 3.48. The molecule has 0 fully saturated rings. The van der Waals surface area contributed by atoms with Gasteiger partial charge in [-0.3, -0.25) is 14.4 Å². The van der Waals surface area contributed by atoms with Crippen molar-refractivity contribution in [3.63, 3.8) is 0 Å². The summed E-state index contributed by atoms with van der Waals surface area (Å²) in [6.07, 6.45) is 6.18. The Morgan fingerprint density at radius 2 is 1.17 bits per heavy atom. The van der Waals surface area contributed by atoms with Crippen molar-refractivity contribution in [3.05, 3.63) is 0 Å². The quantitative estimate of drug-likeness (QED) is 0.273. The molecule has 6 heteroatoms. The number of esters is 3. The van der Waals surface area contributed by atoms with Gasteiger partial charge in [0.25, 0.3) is 0 Å². The minimum atomic E-state index is -0.768. The molecule has 0 unspecified atom stereocenters. The lowest BCUT2D eigenvalue weighted by Gasteiger charge is -2.16. The van der Waals surface area contributed by atoms with E-state index in [1.54, 1.807) is 6.92 Å². The van der Waals surface area contributed by atoms with Crippen molar-refractivity contribution in [2.45, 2.75) is 72.1 Å². The molecule has 0 saturated heterocycles. The Hall–Kier alpha value is -1.59. The van der Waals surface area contributed by atoms with Gasteiger partial charge in [-0.25, -0.2) is 0 Å². The van der Waals surface area contributed by atoms with Crippen LogP contribution in [-0.4, -0.2) is 37.7 Å². The third-order valence-electron chi connectivity index (χ3n) is 3.48. The van der Waals surface area contributed by atoms with Crippen LogP contribution in [0.15, 0.2) is 0 Å². The van der Waals surface area contributed by atoms with Gasteiger partial charge in [0.05, 0.1) is 6.61 Å². The largest absolute Gasteiger partial charge is 0.466 e. The summed E-state index contributed by atoms with van der Waals surface area (Å²) in [5.74, 6) is -1.96. The molecule has 0 saturated carbocycles. The number of carbonyl (C=O) groups excluding carboxylic acids is 3. The third kappa shape index (κ3) is 11.9. The van der Waals surface area contributed by atoms with Crippen molar-refractivity contribution in [3.8, 4) is 0 Å². The van der Waals surface area contributed by atoms with Crippen molar-refractivity contribution in [2.75, 3.05) is 19.8 Å². The van der Waals surface area contributed by atoms with Crippen molar-refractivity contribution < 1.29 is 28.6 Å².